The van der Waals surface area contributed by atoms with Crippen LogP contribution in [0.5, 0.6) is 0 Å². The molecule has 0 atom stereocenters. The van der Waals surface area contributed by atoms with Crippen LogP contribution in [0.2, 0.25) is 0 Å². The minimum Gasteiger partial charge on any atom is -0.309 e. The molecule has 8 aromatic rings. The molecule has 10 rings (SSSR count). The summed E-state index contributed by atoms with van der Waals surface area (Å²) >= 11 is 0. The van der Waals surface area contributed by atoms with E-state index in [-0.39, 0.29) is 22.3 Å². The number of hydrogen-bond acceptors (Lipinski definition) is 3. The number of carbonyl (C=O) groups is 1. The zero-order chi connectivity index (χ0) is 37.1. The summed E-state index contributed by atoms with van der Waals surface area (Å²) in [5, 5.41) is 14.2. The lowest BCUT2D eigenvalue weighted by atomic mass is 9.71. The topological polar surface area (TPSA) is 44.2 Å². The van der Waals surface area contributed by atoms with Crippen molar-refractivity contribution < 1.29 is 18.0 Å². The van der Waals surface area contributed by atoms with Crippen molar-refractivity contribution >= 4 is 77.7 Å². The van der Waals surface area contributed by atoms with Gasteiger partial charge in [0.1, 0.15) is 0 Å². The van der Waals surface area contributed by atoms with E-state index in [0.717, 1.165) is 49.6 Å². The van der Waals surface area contributed by atoms with Gasteiger partial charge in [-0.3, -0.25) is 10.2 Å². The molecule has 54 heavy (non-hydrogen) atoms. The molecule has 2 aliphatic rings. The first-order valence-electron chi connectivity index (χ1n) is 17.9. The van der Waals surface area contributed by atoms with Gasteiger partial charge in [0.2, 0.25) is 0 Å². The molecule has 6 heteroatoms. The summed E-state index contributed by atoms with van der Waals surface area (Å²) in [5.41, 5.74) is 6.07. The van der Waals surface area contributed by atoms with Gasteiger partial charge in [-0.25, -0.2) is 0 Å². The van der Waals surface area contributed by atoms with E-state index >= 15 is 0 Å². The van der Waals surface area contributed by atoms with Crippen LogP contribution in [0.25, 0.3) is 49.2 Å². The number of alkyl halides is 3. The number of fused-ring (bicyclic) bond motifs is 8. The Bertz CT molecular complexity index is 2890. The van der Waals surface area contributed by atoms with E-state index in [2.05, 4.69) is 43.0 Å². The van der Waals surface area contributed by atoms with Gasteiger partial charge in [0.05, 0.1) is 28.3 Å². The molecular formula is C48H31F3N2O. The van der Waals surface area contributed by atoms with Crippen molar-refractivity contribution in [3.8, 4) is 0 Å². The largest absolute Gasteiger partial charge is 0.417 e. The third-order valence-electron chi connectivity index (χ3n) is 11.3. The molecule has 0 radical (unpaired) electrons. The van der Waals surface area contributed by atoms with E-state index < -0.39 is 17.2 Å². The number of nitrogens with one attached hydrogen (secondary N) is 1. The van der Waals surface area contributed by atoms with Gasteiger partial charge in [-0.05, 0) is 85.4 Å². The highest BCUT2D eigenvalue weighted by Crippen LogP contribution is 2.57. The highest BCUT2D eigenvalue weighted by Gasteiger charge is 2.41. The molecule has 1 aliphatic heterocycles. The molecule has 1 heterocycles. The molecule has 0 bridgehead atoms. The minimum atomic E-state index is -4.56. The van der Waals surface area contributed by atoms with Gasteiger partial charge in [-0.2, -0.15) is 13.2 Å². The van der Waals surface area contributed by atoms with E-state index in [4.69, 9.17) is 5.41 Å². The summed E-state index contributed by atoms with van der Waals surface area (Å²) in [6.07, 6.45) is -2.75. The first-order chi connectivity index (χ1) is 26.0. The molecule has 260 valence electrons. The van der Waals surface area contributed by atoms with Crippen molar-refractivity contribution in [2.75, 3.05) is 4.90 Å². The maximum atomic E-state index is 14.9. The smallest absolute Gasteiger partial charge is 0.309 e. The summed E-state index contributed by atoms with van der Waals surface area (Å²) in [7, 11) is 0. The Hall–Kier alpha value is -6.53. The Morgan fingerprint density at radius 2 is 1.20 bits per heavy atom. The molecule has 8 aromatic carbocycles. The Kier molecular flexibility index (Phi) is 6.69. The van der Waals surface area contributed by atoms with Crippen LogP contribution in [-0.2, 0) is 11.6 Å². The van der Waals surface area contributed by atoms with Gasteiger partial charge < -0.3 is 4.90 Å². The summed E-state index contributed by atoms with van der Waals surface area (Å²) in [6, 6.07) is 43.7. The number of Topliss-reactive ketones (excluding diaryl/α,β-unsaturated/α-hetero) is 1. The van der Waals surface area contributed by atoms with Crippen molar-refractivity contribution in [2.24, 2.45) is 0 Å². The molecule has 1 N–H and O–H groups in total. The molecule has 0 amide bonds. The van der Waals surface area contributed by atoms with Crippen molar-refractivity contribution in [3.05, 3.63) is 178 Å². The SMILES string of the molecule is CC1(C)c2ccccc2N(c2c3ccccc3c(C(F)(F)F)c3ccccc23)c2ccc3cc(/C=C4/C(=N)c5cc6ccccc6cc5C4=O)ccc3c21. The third kappa shape index (κ3) is 4.49. The van der Waals surface area contributed by atoms with Crippen LogP contribution in [0.15, 0.2) is 145 Å². The van der Waals surface area contributed by atoms with E-state index in [9.17, 15) is 18.0 Å². The highest BCUT2D eigenvalue weighted by molar-refractivity contribution is 6.42. The maximum Gasteiger partial charge on any atom is 0.417 e. The highest BCUT2D eigenvalue weighted by atomic mass is 19.4. The molecular weight excluding hydrogens is 678 g/mol. The standard InChI is InChI=1S/C48H31F3N2O/c1-47(2)39-17-9-10-18-40(39)53(45-34-15-7-5-13-32(34)42(48(49,50)51)33-14-6-8-16-35(33)45)41-22-20-30-23-27(19-21-31(30)43(41)47)24-38-44(52)36-25-28-11-3-4-12-29(28)26-37(36)46(38)54/h3-26,52H,1-2H3/b38-24-,52-44?. The molecule has 0 spiro atoms. The number of nitrogens with zero attached hydrogens (tertiary/aromatic N) is 1. The average Bonchev–Trinajstić information content (AvgIpc) is 3.39. The third-order valence-corrected chi connectivity index (χ3v) is 11.3. The fourth-order valence-corrected chi connectivity index (χ4v) is 8.97. The summed E-state index contributed by atoms with van der Waals surface area (Å²) in [5.74, 6) is -0.157. The second-order valence-electron chi connectivity index (χ2n) is 14.7. The predicted octanol–water partition coefficient (Wildman–Crippen LogP) is 13.1. The maximum absolute atomic E-state index is 14.9. The van der Waals surface area contributed by atoms with Crippen LogP contribution in [-0.4, -0.2) is 11.5 Å². The quantitative estimate of drug-likeness (QED) is 0.144. The van der Waals surface area contributed by atoms with Gasteiger partial charge in [-0.1, -0.05) is 123 Å². The molecule has 0 aromatic heterocycles. The van der Waals surface area contributed by atoms with Gasteiger partial charge >= 0.3 is 6.18 Å². The van der Waals surface area contributed by atoms with Crippen LogP contribution in [0.3, 0.4) is 0 Å². The molecule has 0 saturated heterocycles. The van der Waals surface area contributed by atoms with E-state index in [1.54, 1.807) is 54.6 Å². The lowest BCUT2D eigenvalue weighted by molar-refractivity contribution is -0.135. The zero-order valence-corrected chi connectivity index (χ0v) is 29.3. The number of hydrogen-bond donors (Lipinski definition) is 1. The van der Waals surface area contributed by atoms with E-state index in [0.29, 0.717) is 33.2 Å². The number of ketones is 1. The minimum absolute atomic E-state index is 0.156. The Balaban J connectivity index is 1.19. The first kappa shape index (κ1) is 32.1. The predicted molar refractivity (Wildman–Crippen MR) is 214 cm³/mol. The average molecular weight is 709 g/mol. The number of benzene rings is 8. The molecule has 3 nitrogen and oxygen atoms in total. The molecule has 1 aliphatic carbocycles. The summed E-state index contributed by atoms with van der Waals surface area (Å²) < 4.78 is 44.6. The monoisotopic (exact) mass is 708 g/mol. The number of halogens is 3. The fraction of sp³-hybridized carbons (Fsp3) is 0.0833. The number of rotatable bonds is 2. The van der Waals surface area contributed by atoms with Crippen LogP contribution in [0.1, 0.15) is 52.0 Å². The Morgan fingerprint density at radius 1 is 0.611 bits per heavy atom. The lowest BCUT2D eigenvalue weighted by Crippen LogP contribution is -2.31. The molecule has 0 saturated carbocycles. The van der Waals surface area contributed by atoms with Gasteiger partial charge in [0.25, 0.3) is 0 Å². The summed E-state index contributed by atoms with van der Waals surface area (Å²) in [6.45, 7) is 4.39. The van der Waals surface area contributed by atoms with Crippen LogP contribution < -0.4 is 4.90 Å². The van der Waals surface area contributed by atoms with Gasteiger partial charge in [0.15, 0.2) is 5.78 Å². The number of anilines is 3. The Labute approximate surface area is 309 Å². The number of carbonyl (C=O) groups excluding carboxylic acids is 1. The second kappa shape index (κ2) is 11.2. The Morgan fingerprint density at radius 3 is 1.87 bits per heavy atom. The normalized spacial score (nSPS) is 15.7. The van der Waals surface area contributed by atoms with Crippen LogP contribution in [0.4, 0.5) is 30.2 Å². The lowest BCUT2D eigenvalue weighted by Gasteiger charge is -2.43. The van der Waals surface area contributed by atoms with E-state index in [1.165, 1.54) is 0 Å². The van der Waals surface area contributed by atoms with Gasteiger partial charge in [-0.15, -0.1) is 0 Å². The van der Waals surface area contributed by atoms with Crippen molar-refractivity contribution in [2.45, 2.75) is 25.4 Å². The van der Waals surface area contributed by atoms with Crippen molar-refractivity contribution in [1.82, 2.24) is 0 Å². The van der Waals surface area contributed by atoms with Crippen molar-refractivity contribution in [3.63, 3.8) is 0 Å². The van der Waals surface area contributed by atoms with Crippen LogP contribution >= 0.6 is 0 Å². The molecule has 0 unspecified atom stereocenters. The first-order valence-corrected chi connectivity index (χ1v) is 17.9. The number of allylic oxidation sites excluding steroid dienone is 1. The van der Waals surface area contributed by atoms with E-state index in [1.807, 2.05) is 66.7 Å². The fourth-order valence-electron chi connectivity index (χ4n) is 8.97. The zero-order valence-electron chi connectivity index (χ0n) is 29.3. The van der Waals surface area contributed by atoms with Crippen molar-refractivity contribution in [1.29, 1.82) is 5.41 Å². The summed E-state index contributed by atoms with van der Waals surface area (Å²) in [4.78, 5) is 15.8. The molecule has 0 fully saturated rings. The van der Waals surface area contributed by atoms with Gasteiger partial charge in [0, 0.05) is 32.9 Å². The number of para-hydroxylation sites is 1. The van der Waals surface area contributed by atoms with Crippen LogP contribution in [0, 0.1) is 5.41 Å². The second-order valence-corrected chi connectivity index (χ2v) is 14.7.